The van der Waals surface area contributed by atoms with E-state index in [1.54, 1.807) is 6.92 Å². The van der Waals surface area contributed by atoms with Crippen LogP contribution in [0.1, 0.15) is 83.4 Å². The SMILES string of the molecule is CCOC(=O)c1nnc(N2CC3(CC[C@@H](N4CCC(c5cc(C)c(C)c(C)c5OCc5ccccc5)CC4)C3)C2)o1. The second kappa shape index (κ2) is 11.5. The number of hydrogen-bond acceptors (Lipinski definition) is 8. The van der Waals surface area contributed by atoms with Crippen molar-refractivity contribution in [2.24, 2.45) is 5.41 Å². The first-order valence-electron chi connectivity index (χ1n) is 15.1. The molecule has 1 spiro atoms. The van der Waals surface area contributed by atoms with Crippen LogP contribution in [-0.2, 0) is 11.3 Å². The molecule has 3 aliphatic rings. The second-order valence-corrected chi connectivity index (χ2v) is 12.3. The van der Waals surface area contributed by atoms with Crippen LogP contribution in [0.2, 0.25) is 0 Å². The van der Waals surface area contributed by atoms with Gasteiger partial charge in [-0.05, 0) is 107 Å². The van der Waals surface area contributed by atoms with E-state index in [0.29, 0.717) is 30.0 Å². The number of piperidine rings is 1. The van der Waals surface area contributed by atoms with Crippen molar-refractivity contribution in [2.75, 3.05) is 37.7 Å². The largest absolute Gasteiger partial charge is 0.488 e. The van der Waals surface area contributed by atoms with Gasteiger partial charge in [0.25, 0.3) is 0 Å². The molecule has 0 bridgehead atoms. The highest BCUT2D eigenvalue weighted by Gasteiger charge is 2.51. The van der Waals surface area contributed by atoms with Gasteiger partial charge in [-0.3, -0.25) is 0 Å². The van der Waals surface area contributed by atoms with Crippen molar-refractivity contribution in [3.05, 3.63) is 70.1 Å². The molecule has 0 N–H and O–H groups in total. The smallest absolute Gasteiger partial charge is 0.396 e. The van der Waals surface area contributed by atoms with Crippen LogP contribution < -0.4 is 9.64 Å². The summed E-state index contributed by atoms with van der Waals surface area (Å²) < 4.78 is 17.1. The number of likely N-dealkylation sites (tertiary alicyclic amines) is 1. The number of hydrogen-bond donors (Lipinski definition) is 0. The zero-order valence-electron chi connectivity index (χ0n) is 24.8. The van der Waals surface area contributed by atoms with Crippen LogP contribution in [0, 0.1) is 26.2 Å². The summed E-state index contributed by atoms with van der Waals surface area (Å²) in [5.41, 5.74) is 6.87. The number of carbonyl (C=O) groups excluding carboxylic acids is 1. The fourth-order valence-corrected chi connectivity index (χ4v) is 7.18. The highest BCUT2D eigenvalue weighted by atomic mass is 16.5. The molecule has 2 saturated heterocycles. The Bertz CT molecular complexity index is 1370. The maximum Gasteiger partial charge on any atom is 0.396 e. The molecule has 3 heterocycles. The van der Waals surface area contributed by atoms with Gasteiger partial charge in [-0.25, -0.2) is 4.79 Å². The Hall–Kier alpha value is -3.39. The lowest BCUT2D eigenvalue weighted by atomic mass is 9.78. The van der Waals surface area contributed by atoms with Gasteiger partial charge in [-0.1, -0.05) is 46.6 Å². The molecule has 1 saturated carbocycles. The number of aryl methyl sites for hydroxylation is 1. The van der Waals surface area contributed by atoms with Crippen molar-refractivity contribution >= 4 is 12.0 Å². The molecule has 0 amide bonds. The lowest BCUT2D eigenvalue weighted by molar-refractivity contribution is 0.0480. The van der Waals surface area contributed by atoms with Gasteiger partial charge in [0, 0.05) is 24.5 Å². The zero-order valence-corrected chi connectivity index (χ0v) is 24.8. The molecule has 1 aliphatic carbocycles. The van der Waals surface area contributed by atoms with Gasteiger partial charge in [-0.15, -0.1) is 0 Å². The quantitative estimate of drug-likeness (QED) is 0.312. The number of aromatic nitrogens is 2. The molecule has 1 aromatic heterocycles. The molecule has 8 nitrogen and oxygen atoms in total. The molecule has 3 aromatic rings. The van der Waals surface area contributed by atoms with Crippen molar-refractivity contribution in [1.29, 1.82) is 0 Å². The molecule has 8 heteroatoms. The Morgan fingerprint density at radius 3 is 2.54 bits per heavy atom. The summed E-state index contributed by atoms with van der Waals surface area (Å²) in [4.78, 5) is 16.7. The van der Waals surface area contributed by atoms with E-state index in [2.05, 4.69) is 71.1 Å². The molecule has 0 unspecified atom stereocenters. The molecule has 2 aliphatic heterocycles. The molecule has 3 fully saturated rings. The van der Waals surface area contributed by atoms with Crippen molar-refractivity contribution < 1.29 is 18.7 Å². The van der Waals surface area contributed by atoms with Crippen LogP contribution in [0.5, 0.6) is 5.75 Å². The van der Waals surface area contributed by atoms with E-state index >= 15 is 0 Å². The van der Waals surface area contributed by atoms with Gasteiger partial charge in [0.2, 0.25) is 0 Å². The molecule has 218 valence electrons. The van der Waals surface area contributed by atoms with Crippen LogP contribution in [0.3, 0.4) is 0 Å². The Morgan fingerprint density at radius 2 is 1.80 bits per heavy atom. The van der Waals surface area contributed by atoms with E-state index in [-0.39, 0.29) is 12.5 Å². The van der Waals surface area contributed by atoms with Crippen LogP contribution >= 0.6 is 0 Å². The topological polar surface area (TPSA) is 80.9 Å². The second-order valence-electron chi connectivity index (χ2n) is 12.3. The summed E-state index contributed by atoms with van der Waals surface area (Å²) in [5.74, 6) is 0.992. The van der Waals surface area contributed by atoms with Crippen molar-refractivity contribution in [2.45, 2.75) is 78.4 Å². The van der Waals surface area contributed by atoms with E-state index in [0.717, 1.165) is 44.8 Å². The van der Waals surface area contributed by atoms with E-state index in [4.69, 9.17) is 13.9 Å². The number of anilines is 1. The molecular formula is C33H42N4O4. The molecule has 2 aromatic carbocycles. The van der Waals surface area contributed by atoms with Crippen molar-refractivity contribution in [3.63, 3.8) is 0 Å². The number of benzene rings is 2. The minimum absolute atomic E-state index is 0.0671. The maximum atomic E-state index is 11.9. The van der Waals surface area contributed by atoms with E-state index < -0.39 is 5.97 Å². The summed E-state index contributed by atoms with van der Waals surface area (Å²) >= 11 is 0. The number of esters is 1. The Balaban J connectivity index is 1.05. The fraction of sp³-hybridized carbons (Fsp3) is 0.545. The molecule has 0 radical (unpaired) electrons. The predicted octanol–water partition coefficient (Wildman–Crippen LogP) is 5.99. The van der Waals surface area contributed by atoms with Gasteiger partial charge < -0.3 is 23.7 Å². The lowest BCUT2D eigenvalue weighted by Crippen LogP contribution is -2.56. The third-order valence-corrected chi connectivity index (χ3v) is 9.70. The first-order chi connectivity index (χ1) is 19.9. The van der Waals surface area contributed by atoms with E-state index in [9.17, 15) is 4.79 Å². The van der Waals surface area contributed by atoms with E-state index in [1.807, 2.05) is 6.07 Å². The number of nitrogens with zero attached hydrogens (tertiary/aromatic N) is 4. The first-order valence-corrected chi connectivity index (χ1v) is 15.1. The summed E-state index contributed by atoms with van der Waals surface area (Å²) in [5, 5.41) is 7.96. The average Bonchev–Trinajstić information content (AvgIpc) is 3.64. The standard InChI is InChI=1S/C33H42N4O4/c1-5-39-31(38)30-34-35-32(41-30)37-20-33(21-37)14-11-27(18-33)36-15-12-26(13-16-36)28-17-22(2)23(3)24(4)29(28)40-19-25-9-7-6-8-10-25/h6-10,17,26-27H,5,11-16,18-21H2,1-4H3/t27-/m1/s1. The van der Waals surface area contributed by atoms with Crippen LogP contribution in [0.25, 0.3) is 0 Å². The normalized spacial score (nSPS) is 20.8. The summed E-state index contributed by atoms with van der Waals surface area (Å²) in [6.07, 6.45) is 6.00. The predicted molar refractivity (Wildman–Crippen MR) is 158 cm³/mol. The van der Waals surface area contributed by atoms with Gasteiger partial charge in [0.15, 0.2) is 0 Å². The highest BCUT2D eigenvalue weighted by Crippen LogP contribution is 2.49. The van der Waals surface area contributed by atoms with Gasteiger partial charge in [-0.2, -0.15) is 0 Å². The van der Waals surface area contributed by atoms with Gasteiger partial charge >= 0.3 is 17.9 Å². The summed E-state index contributed by atoms with van der Waals surface area (Å²) in [6, 6.07) is 13.9. The first kappa shape index (κ1) is 27.8. The van der Waals surface area contributed by atoms with E-state index in [1.165, 1.54) is 47.1 Å². The molecule has 1 atom stereocenters. The lowest BCUT2D eigenvalue weighted by Gasteiger charge is -2.48. The molecule has 6 rings (SSSR count). The fourth-order valence-electron chi connectivity index (χ4n) is 7.18. The van der Waals surface area contributed by atoms with Crippen LogP contribution in [-0.4, -0.2) is 59.9 Å². The average molecular weight is 559 g/mol. The van der Waals surface area contributed by atoms with Gasteiger partial charge in [0.05, 0.1) is 6.61 Å². The van der Waals surface area contributed by atoms with Crippen molar-refractivity contribution in [3.8, 4) is 5.75 Å². The number of rotatable bonds is 8. The molecular weight excluding hydrogens is 516 g/mol. The highest BCUT2D eigenvalue weighted by molar-refractivity contribution is 5.84. The number of ether oxygens (including phenoxy) is 2. The zero-order chi connectivity index (χ0) is 28.6. The van der Waals surface area contributed by atoms with Crippen LogP contribution in [0.15, 0.2) is 40.8 Å². The minimum Gasteiger partial charge on any atom is -0.488 e. The minimum atomic E-state index is -0.559. The Labute approximate surface area is 243 Å². The van der Waals surface area contributed by atoms with Gasteiger partial charge in [0.1, 0.15) is 12.4 Å². The third-order valence-electron chi connectivity index (χ3n) is 9.70. The molecule has 41 heavy (non-hydrogen) atoms. The monoisotopic (exact) mass is 558 g/mol. The maximum absolute atomic E-state index is 11.9. The van der Waals surface area contributed by atoms with Crippen molar-refractivity contribution in [1.82, 2.24) is 15.1 Å². The Kier molecular flexibility index (Phi) is 7.77. The number of carbonyl (C=O) groups is 1. The summed E-state index contributed by atoms with van der Waals surface area (Å²) in [6.45, 7) is 13.4. The Morgan fingerprint density at radius 1 is 1.05 bits per heavy atom. The third kappa shape index (κ3) is 5.59. The van der Waals surface area contributed by atoms with Crippen LogP contribution in [0.4, 0.5) is 6.01 Å². The summed E-state index contributed by atoms with van der Waals surface area (Å²) in [7, 11) is 0.